The molecule has 7 nitrogen and oxygen atoms in total. The minimum absolute atomic E-state index is 0.0552. The number of hydrogen-bond acceptors (Lipinski definition) is 5. The topological polar surface area (TPSA) is 98.3 Å². The molecule has 0 unspecified atom stereocenters. The molecule has 0 bridgehead atoms. The quantitative estimate of drug-likeness (QED) is 0.450. The Balaban J connectivity index is 2.18. The van der Waals surface area contributed by atoms with E-state index in [-0.39, 0.29) is 17.5 Å². The lowest BCUT2D eigenvalue weighted by Gasteiger charge is -2.12. The van der Waals surface area contributed by atoms with Crippen molar-refractivity contribution in [1.29, 1.82) is 0 Å². The molecule has 0 aliphatic heterocycles. The highest BCUT2D eigenvalue weighted by Gasteiger charge is 2.45. The van der Waals surface area contributed by atoms with Gasteiger partial charge in [0.05, 0.1) is 11.3 Å². The smallest absolute Gasteiger partial charge is 0.323 e. The van der Waals surface area contributed by atoms with Gasteiger partial charge in [0, 0.05) is 12.3 Å². The number of carboxylic acid groups (broad SMARTS) is 1. The zero-order valence-electron chi connectivity index (χ0n) is 12.2. The van der Waals surface area contributed by atoms with E-state index < -0.39 is 10.9 Å². The van der Waals surface area contributed by atoms with E-state index in [1.165, 1.54) is 11.8 Å². The highest BCUT2D eigenvalue weighted by molar-refractivity contribution is 7.99. The fourth-order valence-corrected chi connectivity index (χ4v) is 3.83. The van der Waals surface area contributed by atoms with Crippen molar-refractivity contribution in [1.82, 2.24) is 9.78 Å². The highest BCUT2D eigenvalue weighted by Crippen LogP contribution is 2.52. The Hall–Kier alpha value is -1.57. The first kappa shape index (κ1) is 15.8. The Morgan fingerprint density at radius 3 is 2.71 bits per heavy atom. The van der Waals surface area contributed by atoms with E-state index in [2.05, 4.69) is 5.10 Å². The summed E-state index contributed by atoms with van der Waals surface area (Å²) in [4.78, 5) is 21.7. The lowest BCUT2D eigenvalue weighted by atomic mass is 10.1. The Bertz CT molecular complexity index is 566. The molecule has 116 valence electrons. The predicted octanol–water partition coefficient (Wildman–Crippen LogP) is 2.86. The second kappa shape index (κ2) is 6.05. The molecule has 1 N–H and O–H groups in total. The van der Waals surface area contributed by atoms with E-state index in [4.69, 9.17) is 5.11 Å². The van der Waals surface area contributed by atoms with Gasteiger partial charge in [0.1, 0.15) is 5.69 Å². The van der Waals surface area contributed by atoms with Gasteiger partial charge in [0.2, 0.25) is 0 Å². The predicted molar refractivity (Wildman–Crippen MR) is 78.6 cm³/mol. The number of aliphatic carboxylic acids is 1. The van der Waals surface area contributed by atoms with Crippen LogP contribution in [0, 0.1) is 22.5 Å². The van der Waals surface area contributed by atoms with Crippen molar-refractivity contribution in [3.63, 3.8) is 0 Å². The molecule has 0 aromatic carbocycles. The zero-order valence-corrected chi connectivity index (χ0v) is 13.0. The number of nitro groups is 1. The van der Waals surface area contributed by atoms with Crippen LogP contribution in [0.15, 0.2) is 5.03 Å². The van der Waals surface area contributed by atoms with Gasteiger partial charge in [0.15, 0.2) is 5.03 Å². The number of carbonyl (C=O) groups is 1. The average molecular weight is 313 g/mol. The monoisotopic (exact) mass is 313 g/mol. The Kier molecular flexibility index (Phi) is 4.55. The molecule has 1 saturated carbocycles. The van der Waals surface area contributed by atoms with Crippen LogP contribution in [0.25, 0.3) is 0 Å². The van der Waals surface area contributed by atoms with Crippen molar-refractivity contribution in [3.05, 3.63) is 15.8 Å². The van der Waals surface area contributed by atoms with E-state index in [0.717, 1.165) is 19.3 Å². The van der Waals surface area contributed by atoms with Gasteiger partial charge >= 0.3 is 11.7 Å². The number of aryl methyl sites for hydroxylation is 2. The van der Waals surface area contributed by atoms with Crippen LogP contribution in [0.5, 0.6) is 0 Å². The lowest BCUT2D eigenvalue weighted by Crippen LogP contribution is -2.12. The second-order valence-electron chi connectivity index (χ2n) is 5.58. The first-order chi connectivity index (χ1) is 9.88. The first-order valence-electron chi connectivity index (χ1n) is 6.95. The Labute approximate surface area is 126 Å². The van der Waals surface area contributed by atoms with Gasteiger partial charge in [-0.05, 0) is 31.6 Å². The van der Waals surface area contributed by atoms with Crippen molar-refractivity contribution >= 4 is 23.4 Å². The summed E-state index contributed by atoms with van der Waals surface area (Å²) in [6.45, 7) is 4.26. The molecule has 0 radical (unpaired) electrons. The zero-order chi connectivity index (χ0) is 15.6. The number of aromatic nitrogens is 2. The van der Waals surface area contributed by atoms with Crippen molar-refractivity contribution in [2.45, 2.75) is 51.1 Å². The molecule has 0 amide bonds. The molecule has 1 aromatic heterocycles. The minimum Gasteiger partial charge on any atom is -0.481 e. The fraction of sp³-hybridized carbons (Fsp3) is 0.692. The number of nitrogens with zero attached hydrogens (tertiary/aromatic N) is 3. The van der Waals surface area contributed by atoms with Crippen molar-refractivity contribution < 1.29 is 14.8 Å². The lowest BCUT2D eigenvalue weighted by molar-refractivity contribution is -0.388. The molecule has 1 aliphatic rings. The third kappa shape index (κ3) is 3.55. The van der Waals surface area contributed by atoms with Gasteiger partial charge in [-0.3, -0.25) is 19.6 Å². The molecule has 0 saturated heterocycles. The molecule has 1 aliphatic carbocycles. The molecule has 21 heavy (non-hydrogen) atoms. The van der Waals surface area contributed by atoms with E-state index in [1.54, 1.807) is 11.6 Å². The molecule has 2 rings (SSSR count). The van der Waals surface area contributed by atoms with Gasteiger partial charge in [0.25, 0.3) is 0 Å². The molecular weight excluding hydrogens is 294 g/mol. The van der Waals surface area contributed by atoms with Crippen LogP contribution < -0.4 is 0 Å². The van der Waals surface area contributed by atoms with Crippen molar-refractivity contribution in [2.24, 2.45) is 5.41 Å². The third-order valence-electron chi connectivity index (χ3n) is 3.67. The molecule has 1 aromatic rings. The highest BCUT2D eigenvalue weighted by atomic mass is 32.2. The van der Waals surface area contributed by atoms with Gasteiger partial charge in [-0.2, -0.15) is 5.10 Å². The fourth-order valence-electron chi connectivity index (χ4n) is 2.36. The van der Waals surface area contributed by atoms with Crippen LogP contribution >= 0.6 is 11.8 Å². The number of rotatable bonds is 8. The molecule has 0 atom stereocenters. The minimum atomic E-state index is -0.805. The van der Waals surface area contributed by atoms with Crippen LogP contribution in [0.4, 0.5) is 5.69 Å². The average Bonchev–Trinajstić information content (AvgIpc) is 3.04. The molecule has 8 heteroatoms. The largest absolute Gasteiger partial charge is 0.481 e. The van der Waals surface area contributed by atoms with Gasteiger partial charge in [-0.25, -0.2) is 0 Å². The van der Waals surface area contributed by atoms with Crippen LogP contribution in [0.2, 0.25) is 0 Å². The van der Waals surface area contributed by atoms with E-state index in [9.17, 15) is 14.9 Å². The van der Waals surface area contributed by atoms with Gasteiger partial charge < -0.3 is 5.11 Å². The maximum absolute atomic E-state index is 11.2. The number of carboxylic acids is 1. The number of thioether (sulfide) groups is 1. The van der Waals surface area contributed by atoms with Crippen LogP contribution in [-0.4, -0.2) is 31.5 Å². The summed E-state index contributed by atoms with van der Waals surface area (Å²) in [5.74, 6) is -0.213. The van der Waals surface area contributed by atoms with E-state index in [0.29, 0.717) is 23.0 Å². The van der Waals surface area contributed by atoms with Gasteiger partial charge in [-0.1, -0.05) is 18.7 Å². The standard InChI is InChI=1S/C13H19N3O4S/c1-3-6-15-12(11(16(19)20)9(2)14-15)21-8-13(4-5-13)7-10(17)18/h3-8H2,1-2H3,(H,17,18). The summed E-state index contributed by atoms with van der Waals surface area (Å²) in [6.07, 6.45) is 2.72. The van der Waals surface area contributed by atoms with Crippen LogP contribution in [0.1, 0.15) is 38.3 Å². The van der Waals surface area contributed by atoms with E-state index >= 15 is 0 Å². The van der Waals surface area contributed by atoms with Crippen LogP contribution in [-0.2, 0) is 11.3 Å². The molecule has 0 spiro atoms. The Morgan fingerprint density at radius 1 is 1.57 bits per heavy atom. The summed E-state index contributed by atoms with van der Waals surface area (Å²) in [5, 5.41) is 25.0. The van der Waals surface area contributed by atoms with Crippen molar-refractivity contribution in [3.8, 4) is 0 Å². The third-order valence-corrected chi connectivity index (χ3v) is 5.10. The molecule has 1 heterocycles. The number of hydrogen-bond donors (Lipinski definition) is 1. The maximum atomic E-state index is 11.2. The Morgan fingerprint density at radius 2 is 2.24 bits per heavy atom. The maximum Gasteiger partial charge on any atom is 0.323 e. The second-order valence-corrected chi connectivity index (χ2v) is 6.54. The summed E-state index contributed by atoms with van der Waals surface area (Å²) >= 11 is 1.37. The van der Waals surface area contributed by atoms with E-state index in [1.807, 2.05) is 6.92 Å². The van der Waals surface area contributed by atoms with Crippen molar-refractivity contribution in [2.75, 3.05) is 5.75 Å². The molecular formula is C13H19N3O4S. The summed E-state index contributed by atoms with van der Waals surface area (Å²) in [7, 11) is 0. The SMILES string of the molecule is CCCn1nc(C)c([N+](=O)[O-])c1SCC1(CC(=O)O)CC1. The first-order valence-corrected chi connectivity index (χ1v) is 7.93. The van der Waals surface area contributed by atoms with Gasteiger partial charge in [-0.15, -0.1) is 0 Å². The normalized spacial score (nSPS) is 15.9. The summed E-state index contributed by atoms with van der Waals surface area (Å²) in [6, 6.07) is 0. The summed E-state index contributed by atoms with van der Waals surface area (Å²) < 4.78 is 1.68. The molecule has 1 fully saturated rings. The van der Waals surface area contributed by atoms with Crippen LogP contribution in [0.3, 0.4) is 0 Å². The summed E-state index contributed by atoms with van der Waals surface area (Å²) in [5.41, 5.74) is 0.276.